The number of carbonyl (C=O) groups excluding carboxylic acids is 1. The maximum absolute atomic E-state index is 11.8. The molecule has 0 aromatic heterocycles. The van der Waals surface area contributed by atoms with Gasteiger partial charge in [0.1, 0.15) is 6.54 Å². The molecule has 7 heteroatoms. The minimum Gasteiger partial charge on any atom is -0.357 e. The fourth-order valence-corrected chi connectivity index (χ4v) is 1.86. The third-order valence-electron chi connectivity index (χ3n) is 2.92. The van der Waals surface area contributed by atoms with E-state index in [9.17, 15) is 4.79 Å². The lowest BCUT2D eigenvalue weighted by molar-refractivity contribution is -0.121. The van der Waals surface area contributed by atoms with Crippen molar-refractivity contribution in [2.24, 2.45) is 4.99 Å². The van der Waals surface area contributed by atoms with Gasteiger partial charge in [-0.25, -0.2) is 4.99 Å². The smallest absolute Gasteiger partial charge is 0.242 e. The molecule has 0 aliphatic heterocycles. The molecule has 0 aliphatic carbocycles. The summed E-state index contributed by atoms with van der Waals surface area (Å²) >= 11 is 0. The number of aliphatic imine (C=N–C) groups is 1. The van der Waals surface area contributed by atoms with E-state index in [0.717, 1.165) is 26.2 Å². The van der Waals surface area contributed by atoms with Gasteiger partial charge in [0, 0.05) is 25.2 Å². The molecule has 0 unspecified atom stereocenters. The van der Waals surface area contributed by atoms with Crippen LogP contribution in [0.4, 0.5) is 0 Å². The van der Waals surface area contributed by atoms with Crippen LogP contribution < -0.4 is 16.0 Å². The summed E-state index contributed by atoms with van der Waals surface area (Å²) in [5, 5.41) is 9.33. The quantitative estimate of drug-likeness (QED) is 0.290. The molecule has 0 spiro atoms. The van der Waals surface area contributed by atoms with Gasteiger partial charge in [0.05, 0.1) is 0 Å². The number of hydrogen-bond donors (Lipinski definition) is 3. The highest BCUT2D eigenvalue weighted by Crippen LogP contribution is 1.97. The number of rotatable bonds is 9. The van der Waals surface area contributed by atoms with Crippen LogP contribution in [-0.4, -0.2) is 62.1 Å². The normalized spacial score (nSPS) is 11.9. The predicted octanol–water partition coefficient (Wildman–Crippen LogP) is 1.81. The summed E-state index contributed by atoms with van der Waals surface area (Å²) in [7, 11) is 2.12. The SMILES string of the molecule is CCCCN(C)CCNC(=NCC(=O)NC(C)(C)C)NCC.I. The van der Waals surface area contributed by atoms with Crippen LogP contribution in [0.5, 0.6) is 0 Å². The number of unbranched alkanes of at least 4 members (excludes halogenated alkanes) is 1. The third kappa shape index (κ3) is 16.1. The van der Waals surface area contributed by atoms with Crippen LogP contribution in [0.25, 0.3) is 0 Å². The fraction of sp³-hybridized carbons (Fsp3) is 0.875. The fourth-order valence-electron chi connectivity index (χ4n) is 1.86. The van der Waals surface area contributed by atoms with E-state index in [1.165, 1.54) is 12.8 Å². The van der Waals surface area contributed by atoms with Crippen LogP contribution in [0.3, 0.4) is 0 Å². The molecular weight excluding hydrogens is 405 g/mol. The van der Waals surface area contributed by atoms with Gasteiger partial charge in [0.15, 0.2) is 5.96 Å². The second-order valence-electron chi connectivity index (χ2n) is 6.58. The Balaban J connectivity index is 0. The molecule has 23 heavy (non-hydrogen) atoms. The van der Waals surface area contributed by atoms with E-state index in [1.807, 2.05) is 27.7 Å². The van der Waals surface area contributed by atoms with Crippen molar-refractivity contribution in [3.05, 3.63) is 0 Å². The molecule has 3 N–H and O–H groups in total. The Morgan fingerprint density at radius 3 is 2.30 bits per heavy atom. The number of hydrogen-bond acceptors (Lipinski definition) is 3. The van der Waals surface area contributed by atoms with Gasteiger partial charge >= 0.3 is 0 Å². The van der Waals surface area contributed by atoms with E-state index >= 15 is 0 Å². The van der Waals surface area contributed by atoms with Gasteiger partial charge in [0.2, 0.25) is 5.91 Å². The Kier molecular flexibility index (Phi) is 14.8. The van der Waals surface area contributed by atoms with Gasteiger partial charge in [-0.1, -0.05) is 13.3 Å². The van der Waals surface area contributed by atoms with E-state index in [4.69, 9.17) is 0 Å². The minimum absolute atomic E-state index is 0. The summed E-state index contributed by atoms with van der Waals surface area (Å²) < 4.78 is 0. The van der Waals surface area contributed by atoms with Crippen LogP contribution in [-0.2, 0) is 4.79 Å². The van der Waals surface area contributed by atoms with Crippen molar-refractivity contribution < 1.29 is 4.79 Å². The van der Waals surface area contributed by atoms with Crippen LogP contribution >= 0.6 is 24.0 Å². The number of guanidine groups is 1. The first kappa shape index (κ1) is 24.7. The van der Waals surface area contributed by atoms with Crippen molar-refractivity contribution in [3.8, 4) is 0 Å². The molecule has 0 aromatic carbocycles. The Morgan fingerprint density at radius 1 is 1.13 bits per heavy atom. The predicted molar refractivity (Wildman–Crippen MR) is 110 cm³/mol. The van der Waals surface area contributed by atoms with Crippen LogP contribution in [0.15, 0.2) is 4.99 Å². The highest BCUT2D eigenvalue weighted by Gasteiger charge is 2.13. The molecule has 0 atom stereocenters. The third-order valence-corrected chi connectivity index (χ3v) is 2.92. The molecule has 0 aromatic rings. The summed E-state index contributed by atoms with van der Waals surface area (Å²) in [5.74, 6) is 0.625. The maximum Gasteiger partial charge on any atom is 0.242 e. The number of nitrogens with one attached hydrogen (secondary N) is 3. The van der Waals surface area contributed by atoms with Crippen molar-refractivity contribution in [3.63, 3.8) is 0 Å². The minimum atomic E-state index is -0.222. The van der Waals surface area contributed by atoms with Crippen molar-refractivity contribution >= 4 is 35.8 Å². The van der Waals surface area contributed by atoms with E-state index in [1.54, 1.807) is 0 Å². The number of likely N-dealkylation sites (N-methyl/N-ethyl adjacent to an activating group) is 1. The molecule has 0 saturated heterocycles. The first-order valence-electron chi connectivity index (χ1n) is 8.30. The highest BCUT2D eigenvalue weighted by atomic mass is 127. The van der Waals surface area contributed by atoms with Crippen LogP contribution in [0.1, 0.15) is 47.5 Å². The van der Waals surface area contributed by atoms with Gasteiger partial charge in [-0.05, 0) is 47.7 Å². The first-order valence-corrected chi connectivity index (χ1v) is 8.30. The maximum atomic E-state index is 11.8. The second kappa shape index (κ2) is 13.8. The lowest BCUT2D eigenvalue weighted by atomic mass is 10.1. The van der Waals surface area contributed by atoms with Gasteiger partial charge in [-0.15, -0.1) is 24.0 Å². The van der Waals surface area contributed by atoms with Crippen molar-refractivity contribution in [1.82, 2.24) is 20.9 Å². The molecule has 0 fully saturated rings. The molecule has 0 saturated carbocycles. The van der Waals surface area contributed by atoms with Crippen molar-refractivity contribution in [2.45, 2.75) is 53.0 Å². The summed E-state index contributed by atoms with van der Waals surface area (Å²) in [6.45, 7) is 13.9. The largest absolute Gasteiger partial charge is 0.357 e. The van der Waals surface area contributed by atoms with E-state index < -0.39 is 0 Å². The van der Waals surface area contributed by atoms with E-state index in [2.05, 4.69) is 39.8 Å². The molecule has 0 aliphatic rings. The number of halogens is 1. The lowest BCUT2D eigenvalue weighted by Gasteiger charge is -2.20. The van der Waals surface area contributed by atoms with Gasteiger partial charge in [-0.3, -0.25) is 4.79 Å². The van der Waals surface area contributed by atoms with Gasteiger partial charge in [0.25, 0.3) is 0 Å². The van der Waals surface area contributed by atoms with Crippen LogP contribution in [0.2, 0.25) is 0 Å². The number of nitrogens with zero attached hydrogens (tertiary/aromatic N) is 2. The Hall–Kier alpha value is -0.570. The van der Waals surface area contributed by atoms with Gasteiger partial charge < -0.3 is 20.9 Å². The summed E-state index contributed by atoms with van der Waals surface area (Å²) in [6, 6.07) is 0. The molecule has 0 radical (unpaired) electrons. The van der Waals surface area contributed by atoms with Crippen molar-refractivity contribution in [1.29, 1.82) is 0 Å². The number of amides is 1. The van der Waals surface area contributed by atoms with Crippen molar-refractivity contribution in [2.75, 3.05) is 39.8 Å². The Labute approximate surface area is 159 Å². The topological polar surface area (TPSA) is 68.8 Å². The monoisotopic (exact) mass is 441 g/mol. The second-order valence-corrected chi connectivity index (χ2v) is 6.58. The summed E-state index contributed by atoms with van der Waals surface area (Å²) in [4.78, 5) is 18.4. The summed E-state index contributed by atoms with van der Waals surface area (Å²) in [6.07, 6.45) is 2.43. The standard InChI is InChI=1S/C16H35N5O.HI/c1-7-9-11-21(6)12-10-18-15(17-8-2)19-13-14(22)20-16(3,4)5;/h7-13H2,1-6H3,(H,20,22)(H2,17,18,19);1H. The lowest BCUT2D eigenvalue weighted by Crippen LogP contribution is -2.44. The molecule has 0 heterocycles. The Morgan fingerprint density at radius 2 is 1.78 bits per heavy atom. The highest BCUT2D eigenvalue weighted by molar-refractivity contribution is 14.0. The molecular formula is C16H36IN5O. The number of carbonyl (C=O) groups is 1. The van der Waals surface area contributed by atoms with E-state index in [0.29, 0.717) is 5.96 Å². The molecule has 1 amide bonds. The molecule has 0 bridgehead atoms. The summed E-state index contributed by atoms with van der Waals surface area (Å²) in [5.41, 5.74) is -0.222. The zero-order valence-electron chi connectivity index (χ0n) is 15.7. The average Bonchev–Trinajstić information content (AvgIpc) is 2.40. The Bertz CT molecular complexity index is 342. The molecule has 6 nitrogen and oxygen atoms in total. The zero-order valence-corrected chi connectivity index (χ0v) is 18.0. The molecule has 138 valence electrons. The van der Waals surface area contributed by atoms with Gasteiger partial charge in [-0.2, -0.15) is 0 Å². The van der Waals surface area contributed by atoms with Crippen LogP contribution in [0, 0.1) is 0 Å². The molecule has 0 rings (SSSR count). The average molecular weight is 441 g/mol. The first-order chi connectivity index (χ1) is 10.3. The van der Waals surface area contributed by atoms with E-state index in [-0.39, 0.29) is 42.0 Å². The zero-order chi connectivity index (χ0) is 17.0.